The van der Waals surface area contributed by atoms with Crippen LogP contribution in [0.1, 0.15) is 16.9 Å². The molecule has 0 aliphatic heterocycles. The van der Waals surface area contributed by atoms with Crippen molar-refractivity contribution in [1.82, 2.24) is 9.97 Å². The van der Waals surface area contributed by atoms with Gasteiger partial charge in [0, 0.05) is 19.2 Å². The summed E-state index contributed by atoms with van der Waals surface area (Å²) in [7, 11) is 3.34. The summed E-state index contributed by atoms with van der Waals surface area (Å²) in [6.45, 7) is 3.25. The summed E-state index contributed by atoms with van der Waals surface area (Å²) in [5.74, 6) is 3.23. The van der Waals surface area contributed by atoms with E-state index in [1.807, 2.05) is 37.3 Å². The monoisotopic (exact) mass is 389 g/mol. The molecule has 6 nitrogen and oxygen atoms in total. The van der Waals surface area contributed by atoms with Crippen molar-refractivity contribution in [2.75, 3.05) is 19.1 Å². The third-order valence-corrected chi connectivity index (χ3v) is 4.74. The van der Waals surface area contributed by atoms with Gasteiger partial charge in [-0.1, -0.05) is 24.3 Å². The number of ether oxygens (including phenoxy) is 2. The lowest BCUT2D eigenvalue weighted by Crippen LogP contribution is -2.23. The smallest absolute Gasteiger partial charge is 0.247 e. The fraction of sp³-hybridized carbons (Fsp3) is 0.217. The second kappa shape index (κ2) is 8.22. The lowest BCUT2D eigenvalue weighted by molar-refractivity contribution is 0.414. The topological polar surface area (TPSA) is 60.6 Å². The van der Waals surface area contributed by atoms with E-state index in [9.17, 15) is 0 Å². The van der Waals surface area contributed by atoms with Gasteiger partial charge in [-0.05, 0) is 42.3 Å². The molecule has 148 valence electrons. The largest absolute Gasteiger partial charge is 0.497 e. The molecule has 0 atom stereocenters. The fourth-order valence-electron chi connectivity index (χ4n) is 3.19. The first kappa shape index (κ1) is 18.8. The number of aryl methyl sites for hydroxylation is 1. The Morgan fingerprint density at radius 1 is 0.862 bits per heavy atom. The van der Waals surface area contributed by atoms with Crippen LogP contribution in [0.2, 0.25) is 0 Å². The summed E-state index contributed by atoms with van der Waals surface area (Å²) in [6.07, 6.45) is 1.80. The van der Waals surface area contributed by atoms with Gasteiger partial charge in [-0.25, -0.2) is 4.98 Å². The molecule has 0 saturated heterocycles. The number of furan rings is 1. The Morgan fingerprint density at radius 2 is 1.41 bits per heavy atom. The average Bonchev–Trinajstić information content (AvgIpc) is 3.13. The molecule has 6 heteroatoms. The first-order valence-electron chi connectivity index (χ1n) is 9.38. The normalized spacial score (nSPS) is 10.9. The van der Waals surface area contributed by atoms with E-state index < -0.39 is 0 Å². The number of hydrogen-bond acceptors (Lipinski definition) is 6. The second-order valence-electron chi connectivity index (χ2n) is 6.83. The van der Waals surface area contributed by atoms with E-state index in [4.69, 9.17) is 18.9 Å². The standard InChI is InChI=1S/C23H23N3O3/c1-16-12-21-23(29-16)25-22(13-24-21)26(14-17-4-8-19(27-2)9-5-17)15-18-6-10-20(28-3)11-7-18/h4-13H,14-15H2,1-3H3. The molecule has 0 spiro atoms. The van der Waals surface area contributed by atoms with E-state index in [1.54, 1.807) is 20.4 Å². The maximum absolute atomic E-state index is 5.69. The molecule has 4 aromatic rings. The van der Waals surface area contributed by atoms with Crippen molar-refractivity contribution >= 4 is 17.0 Å². The molecular weight excluding hydrogens is 366 g/mol. The first-order valence-corrected chi connectivity index (χ1v) is 9.38. The Hall–Kier alpha value is -3.54. The molecule has 0 saturated carbocycles. The Bertz CT molecular complexity index is 1040. The summed E-state index contributed by atoms with van der Waals surface area (Å²) >= 11 is 0. The quantitative estimate of drug-likeness (QED) is 0.454. The van der Waals surface area contributed by atoms with E-state index in [2.05, 4.69) is 34.1 Å². The Labute approximate surface area is 169 Å². The third kappa shape index (κ3) is 4.32. The van der Waals surface area contributed by atoms with E-state index in [0.29, 0.717) is 18.8 Å². The molecule has 2 heterocycles. The maximum Gasteiger partial charge on any atom is 0.247 e. The molecule has 29 heavy (non-hydrogen) atoms. The molecule has 0 fully saturated rings. The number of aromatic nitrogens is 2. The van der Waals surface area contributed by atoms with Crippen LogP contribution in [0.5, 0.6) is 11.5 Å². The lowest BCUT2D eigenvalue weighted by atomic mass is 10.1. The Balaban J connectivity index is 1.65. The molecule has 0 aliphatic carbocycles. The van der Waals surface area contributed by atoms with E-state index >= 15 is 0 Å². The zero-order chi connectivity index (χ0) is 20.2. The summed E-state index contributed by atoms with van der Waals surface area (Å²) in [6, 6.07) is 18.0. The minimum atomic E-state index is 0.550. The zero-order valence-corrected chi connectivity index (χ0v) is 16.8. The summed E-state index contributed by atoms with van der Waals surface area (Å²) < 4.78 is 16.2. The van der Waals surface area contributed by atoms with Crippen LogP contribution < -0.4 is 14.4 Å². The highest BCUT2D eigenvalue weighted by Crippen LogP contribution is 2.23. The predicted octanol–water partition coefficient (Wildman–Crippen LogP) is 4.76. The molecule has 0 radical (unpaired) electrons. The van der Waals surface area contributed by atoms with Crippen molar-refractivity contribution in [3.05, 3.63) is 77.7 Å². The Morgan fingerprint density at radius 3 is 1.93 bits per heavy atom. The zero-order valence-electron chi connectivity index (χ0n) is 16.8. The third-order valence-electron chi connectivity index (χ3n) is 4.74. The lowest BCUT2D eigenvalue weighted by Gasteiger charge is -2.24. The second-order valence-corrected chi connectivity index (χ2v) is 6.83. The van der Waals surface area contributed by atoms with Crippen molar-refractivity contribution in [2.45, 2.75) is 20.0 Å². The molecule has 0 N–H and O–H groups in total. The van der Waals surface area contributed by atoms with Gasteiger partial charge in [0.25, 0.3) is 0 Å². The van der Waals surface area contributed by atoms with Crippen molar-refractivity contribution < 1.29 is 13.9 Å². The SMILES string of the molecule is COc1ccc(CN(Cc2ccc(OC)cc2)c2cnc3cc(C)oc3n2)cc1. The minimum absolute atomic E-state index is 0.550. The average molecular weight is 389 g/mol. The highest BCUT2D eigenvalue weighted by Gasteiger charge is 2.14. The van der Waals surface area contributed by atoms with Crippen molar-refractivity contribution in [2.24, 2.45) is 0 Å². The molecule has 2 aromatic heterocycles. The number of fused-ring (bicyclic) bond motifs is 1. The molecule has 2 aromatic carbocycles. The van der Waals surface area contributed by atoms with Crippen molar-refractivity contribution in [3.63, 3.8) is 0 Å². The van der Waals surface area contributed by atoms with Crippen LogP contribution in [0, 0.1) is 6.92 Å². The van der Waals surface area contributed by atoms with Gasteiger partial charge in [0.1, 0.15) is 22.8 Å². The van der Waals surface area contributed by atoms with Crippen molar-refractivity contribution in [3.8, 4) is 11.5 Å². The van der Waals surface area contributed by atoms with Gasteiger partial charge < -0.3 is 18.8 Å². The fourth-order valence-corrected chi connectivity index (χ4v) is 3.19. The molecule has 0 bridgehead atoms. The number of hydrogen-bond donors (Lipinski definition) is 0. The molecule has 4 rings (SSSR count). The van der Waals surface area contributed by atoms with Crippen LogP contribution in [0.25, 0.3) is 11.2 Å². The first-order chi connectivity index (χ1) is 14.1. The van der Waals surface area contributed by atoms with Crippen LogP contribution in [0.15, 0.2) is 65.2 Å². The van der Waals surface area contributed by atoms with Gasteiger partial charge in [-0.15, -0.1) is 0 Å². The highest BCUT2D eigenvalue weighted by atomic mass is 16.5. The van der Waals surface area contributed by atoms with E-state index in [1.165, 1.54) is 0 Å². The van der Waals surface area contributed by atoms with Crippen LogP contribution in [-0.4, -0.2) is 24.2 Å². The maximum atomic E-state index is 5.69. The van der Waals surface area contributed by atoms with Crippen LogP contribution in [-0.2, 0) is 13.1 Å². The number of anilines is 1. The summed E-state index contributed by atoms with van der Waals surface area (Å²) in [5, 5.41) is 0. The molecule has 0 amide bonds. The summed E-state index contributed by atoms with van der Waals surface area (Å²) in [5.41, 5.74) is 3.61. The highest BCUT2D eigenvalue weighted by molar-refractivity contribution is 5.70. The van der Waals surface area contributed by atoms with Crippen LogP contribution in [0.4, 0.5) is 5.82 Å². The van der Waals surface area contributed by atoms with Gasteiger partial charge in [0.2, 0.25) is 5.71 Å². The van der Waals surface area contributed by atoms with Gasteiger partial charge in [0.15, 0.2) is 5.82 Å². The Kier molecular flexibility index (Phi) is 5.33. The van der Waals surface area contributed by atoms with Gasteiger partial charge >= 0.3 is 0 Å². The number of rotatable bonds is 7. The van der Waals surface area contributed by atoms with E-state index in [0.717, 1.165) is 39.7 Å². The van der Waals surface area contributed by atoms with Crippen molar-refractivity contribution in [1.29, 1.82) is 0 Å². The van der Waals surface area contributed by atoms with Gasteiger partial charge in [-0.2, -0.15) is 4.98 Å². The molecule has 0 unspecified atom stereocenters. The molecule has 0 aliphatic rings. The number of methoxy groups -OCH3 is 2. The van der Waals surface area contributed by atoms with Gasteiger partial charge in [-0.3, -0.25) is 0 Å². The summed E-state index contributed by atoms with van der Waals surface area (Å²) in [4.78, 5) is 11.4. The number of nitrogens with zero attached hydrogens (tertiary/aromatic N) is 3. The van der Waals surface area contributed by atoms with Crippen LogP contribution >= 0.6 is 0 Å². The van der Waals surface area contributed by atoms with E-state index in [-0.39, 0.29) is 0 Å². The minimum Gasteiger partial charge on any atom is -0.497 e. The predicted molar refractivity (Wildman–Crippen MR) is 112 cm³/mol. The van der Waals surface area contributed by atoms with Crippen LogP contribution in [0.3, 0.4) is 0 Å². The van der Waals surface area contributed by atoms with Gasteiger partial charge in [0.05, 0.1) is 20.4 Å². The molecular formula is C23H23N3O3. The number of benzene rings is 2.